The lowest BCUT2D eigenvalue weighted by Crippen LogP contribution is -2.23. The van der Waals surface area contributed by atoms with Crippen molar-refractivity contribution in [3.8, 4) is 17.3 Å². The Hall–Kier alpha value is -2.66. The van der Waals surface area contributed by atoms with Crippen LogP contribution in [0.2, 0.25) is 5.02 Å². The summed E-state index contributed by atoms with van der Waals surface area (Å²) < 4.78 is 16.1. The van der Waals surface area contributed by atoms with Gasteiger partial charge in [-0.25, -0.2) is 0 Å². The maximum atomic E-state index is 12.3. The van der Waals surface area contributed by atoms with Crippen LogP contribution in [-0.4, -0.2) is 13.0 Å². The van der Waals surface area contributed by atoms with E-state index in [1.807, 2.05) is 0 Å². The summed E-state index contributed by atoms with van der Waals surface area (Å²) in [5.74, 6) is 2.03. The van der Waals surface area contributed by atoms with E-state index in [0.717, 1.165) is 0 Å². The first-order valence-corrected chi connectivity index (χ1v) is 7.29. The zero-order valence-electron chi connectivity index (χ0n) is 12.3. The number of methoxy groups -OCH3 is 1. The minimum absolute atomic E-state index is 0.245. The van der Waals surface area contributed by atoms with Gasteiger partial charge in [0, 0.05) is 5.02 Å². The molecule has 3 rings (SSSR count). The first-order chi connectivity index (χ1) is 11.2. The summed E-state index contributed by atoms with van der Waals surface area (Å²) in [5.41, 5.74) is 0.373. The van der Waals surface area contributed by atoms with E-state index in [4.69, 9.17) is 25.2 Å². The van der Waals surface area contributed by atoms with Crippen molar-refractivity contribution in [1.29, 1.82) is 0 Å². The number of hydrogen-bond donors (Lipinski definition) is 1. The molecule has 1 aromatic carbocycles. The van der Waals surface area contributed by atoms with Gasteiger partial charge in [-0.2, -0.15) is 0 Å². The molecule has 1 amide bonds. The molecule has 0 atom stereocenters. The highest BCUT2D eigenvalue weighted by Crippen LogP contribution is 2.24. The number of nitrogens with one attached hydrogen (secondary N) is 1. The topological polar surface area (TPSA) is 64.6 Å². The number of carbonyl (C=O) groups excluding carboxylic acids is 1. The third-order valence-electron chi connectivity index (χ3n) is 3.26. The summed E-state index contributed by atoms with van der Waals surface area (Å²) in [6.07, 6.45) is 1.57. The Bertz CT molecular complexity index is 808. The van der Waals surface area contributed by atoms with Crippen LogP contribution < -0.4 is 10.1 Å². The number of carbonyl (C=O) groups is 1. The Kier molecular flexibility index (Phi) is 4.39. The Balaban J connectivity index is 1.69. The van der Waals surface area contributed by atoms with Crippen LogP contribution in [0.1, 0.15) is 16.1 Å². The first kappa shape index (κ1) is 15.2. The normalized spacial score (nSPS) is 10.5. The van der Waals surface area contributed by atoms with E-state index in [2.05, 4.69) is 5.32 Å². The molecule has 0 aliphatic heterocycles. The molecule has 5 nitrogen and oxygen atoms in total. The molecule has 0 radical (unpaired) electrons. The molecule has 0 unspecified atom stereocenters. The second-order valence-corrected chi connectivity index (χ2v) is 5.21. The van der Waals surface area contributed by atoms with Gasteiger partial charge in [0.2, 0.25) is 0 Å². The van der Waals surface area contributed by atoms with Crippen LogP contribution in [0.4, 0.5) is 0 Å². The van der Waals surface area contributed by atoms with Crippen LogP contribution in [0, 0.1) is 0 Å². The van der Waals surface area contributed by atoms with Gasteiger partial charge in [-0.1, -0.05) is 11.6 Å². The number of ether oxygens (including phenoxy) is 1. The van der Waals surface area contributed by atoms with Crippen molar-refractivity contribution in [2.45, 2.75) is 6.54 Å². The molecule has 23 heavy (non-hydrogen) atoms. The number of halogens is 1. The standard InChI is InChI=1S/C17H14ClNO4/c1-21-14-6-4-11(18)9-13(14)17(20)19-10-12-5-7-16(23-12)15-3-2-8-22-15/h2-9H,10H2,1H3,(H,19,20). The highest BCUT2D eigenvalue weighted by atomic mass is 35.5. The zero-order chi connectivity index (χ0) is 16.2. The van der Waals surface area contributed by atoms with Crippen molar-refractivity contribution in [2.75, 3.05) is 7.11 Å². The maximum Gasteiger partial charge on any atom is 0.255 e. The third-order valence-corrected chi connectivity index (χ3v) is 3.49. The fourth-order valence-corrected chi connectivity index (χ4v) is 2.32. The predicted molar refractivity (Wildman–Crippen MR) is 85.6 cm³/mol. The number of benzene rings is 1. The van der Waals surface area contributed by atoms with E-state index in [-0.39, 0.29) is 12.5 Å². The van der Waals surface area contributed by atoms with E-state index in [0.29, 0.717) is 33.6 Å². The molecular weight excluding hydrogens is 318 g/mol. The van der Waals surface area contributed by atoms with Gasteiger partial charge in [0.15, 0.2) is 11.5 Å². The summed E-state index contributed by atoms with van der Waals surface area (Å²) >= 11 is 5.93. The van der Waals surface area contributed by atoms with E-state index in [9.17, 15) is 4.79 Å². The highest BCUT2D eigenvalue weighted by molar-refractivity contribution is 6.31. The largest absolute Gasteiger partial charge is 0.496 e. The van der Waals surface area contributed by atoms with E-state index < -0.39 is 0 Å². The second-order valence-electron chi connectivity index (χ2n) is 4.77. The van der Waals surface area contributed by atoms with Gasteiger partial charge in [-0.15, -0.1) is 0 Å². The Morgan fingerprint density at radius 1 is 1.22 bits per heavy atom. The van der Waals surface area contributed by atoms with Crippen molar-refractivity contribution in [2.24, 2.45) is 0 Å². The quantitative estimate of drug-likeness (QED) is 0.763. The Labute approximate surface area is 137 Å². The average Bonchev–Trinajstić information content (AvgIpc) is 3.23. The minimum atomic E-state index is -0.291. The SMILES string of the molecule is COc1ccc(Cl)cc1C(=O)NCc1ccc(-c2ccco2)o1. The number of rotatable bonds is 5. The molecule has 0 spiro atoms. The Morgan fingerprint density at radius 2 is 2.09 bits per heavy atom. The van der Waals surface area contributed by atoms with Gasteiger partial charge in [0.25, 0.3) is 5.91 Å². The molecule has 6 heteroatoms. The van der Waals surface area contributed by atoms with Gasteiger partial charge in [0.05, 0.1) is 25.5 Å². The molecule has 2 aromatic heterocycles. The molecule has 0 bridgehead atoms. The van der Waals surface area contributed by atoms with Crippen molar-refractivity contribution in [3.63, 3.8) is 0 Å². The smallest absolute Gasteiger partial charge is 0.255 e. The highest BCUT2D eigenvalue weighted by Gasteiger charge is 2.14. The van der Waals surface area contributed by atoms with E-state index >= 15 is 0 Å². The summed E-state index contributed by atoms with van der Waals surface area (Å²) in [7, 11) is 1.50. The molecule has 3 aromatic rings. The minimum Gasteiger partial charge on any atom is -0.496 e. The van der Waals surface area contributed by atoms with Gasteiger partial charge in [-0.3, -0.25) is 4.79 Å². The van der Waals surface area contributed by atoms with Crippen molar-refractivity contribution in [1.82, 2.24) is 5.32 Å². The van der Waals surface area contributed by atoms with Crippen LogP contribution in [-0.2, 0) is 6.54 Å². The summed E-state index contributed by atoms with van der Waals surface area (Å²) in [6.45, 7) is 0.245. The lowest BCUT2D eigenvalue weighted by molar-refractivity contribution is 0.0945. The number of hydrogen-bond acceptors (Lipinski definition) is 4. The van der Waals surface area contributed by atoms with Crippen molar-refractivity contribution >= 4 is 17.5 Å². The first-order valence-electron chi connectivity index (χ1n) is 6.91. The van der Waals surface area contributed by atoms with Crippen LogP contribution in [0.25, 0.3) is 11.5 Å². The summed E-state index contributed by atoms with van der Waals surface area (Å²) in [6, 6.07) is 12.0. The molecule has 0 saturated heterocycles. The maximum absolute atomic E-state index is 12.3. The molecule has 0 fully saturated rings. The third kappa shape index (κ3) is 3.40. The summed E-state index contributed by atoms with van der Waals surface area (Å²) in [5, 5.41) is 3.24. The molecule has 0 saturated carbocycles. The fourth-order valence-electron chi connectivity index (χ4n) is 2.14. The van der Waals surface area contributed by atoms with E-state index in [1.165, 1.54) is 7.11 Å². The van der Waals surface area contributed by atoms with Gasteiger partial charge >= 0.3 is 0 Å². The molecule has 0 aliphatic carbocycles. The van der Waals surface area contributed by atoms with Crippen LogP contribution >= 0.6 is 11.6 Å². The predicted octanol–water partition coefficient (Wildman–Crippen LogP) is 4.13. The van der Waals surface area contributed by atoms with Crippen LogP contribution in [0.5, 0.6) is 5.75 Å². The van der Waals surface area contributed by atoms with Crippen LogP contribution in [0.15, 0.2) is 57.6 Å². The van der Waals surface area contributed by atoms with Gasteiger partial charge in [-0.05, 0) is 42.5 Å². The molecule has 0 aliphatic rings. The zero-order valence-corrected chi connectivity index (χ0v) is 13.1. The van der Waals surface area contributed by atoms with Crippen molar-refractivity contribution in [3.05, 3.63) is 65.1 Å². The molecule has 1 N–H and O–H groups in total. The number of amides is 1. The average molecular weight is 332 g/mol. The fraction of sp³-hybridized carbons (Fsp3) is 0.118. The van der Waals surface area contributed by atoms with Gasteiger partial charge < -0.3 is 18.9 Å². The summed E-state index contributed by atoms with van der Waals surface area (Å²) in [4.78, 5) is 12.3. The van der Waals surface area contributed by atoms with Crippen molar-refractivity contribution < 1.29 is 18.4 Å². The van der Waals surface area contributed by atoms with E-state index in [1.54, 1.807) is 48.7 Å². The molecular formula is C17H14ClNO4. The van der Waals surface area contributed by atoms with Gasteiger partial charge in [0.1, 0.15) is 11.5 Å². The monoisotopic (exact) mass is 331 g/mol. The lowest BCUT2D eigenvalue weighted by Gasteiger charge is -2.09. The molecule has 118 valence electrons. The van der Waals surface area contributed by atoms with Crippen LogP contribution in [0.3, 0.4) is 0 Å². The Morgan fingerprint density at radius 3 is 2.83 bits per heavy atom. The molecule has 2 heterocycles. The number of furan rings is 2. The second kappa shape index (κ2) is 6.62. The lowest BCUT2D eigenvalue weighted by atomic mass is 10.2.